The van der Waals surface area contributed by atoms with Gasteiger partial charge in [0.2, 0.25) is 11.8 Å². The van der Waals surface area contributed by atoms with Crippen LogP contribution in [0.3, 0.4) is 0 Å². The number of likely N-dealkylation sites (tertiary alicyclic amines) is 1. The topological polar surface area (TPSA) is 74.7 Å². The molecule has 1 heterocycles. The summed E-state index contributed by atoms with van der Waals surface area (Å²) in [5, 5.41) is 8.05. The zero-order chi connectivity index (χ0) is 11.4. The molecule has 0 radical (unpaired) electrons. The highest BCUT2D eigenvalue weighted by molar-refractivity contribution is 8.00. The van der Waals surface area contributed by atoms with Crippen LogP contribution in [0.25, 0.3) is 0 Å². The second-order valence-corrected chi connectivity index (χ2v) is 4.49. The summed E-state index contributed by atoms with van der Waals surface area (Å²) in [6, 6.07) is 0. The van der Waals surface area contributed by atoms with Gasteiger partial charge in [0.15, 0.2) is 0 Å². The van der Waals surface area contributed by atoms with Gasteiger partial charge in [-0.25, -0.2) is 0 Å². The van der Waals surface area contributed by atoms with E-state index in [2.05, 4.69) is 0 Å². The van der Waals surface area contributed by atoms with Crippen molar-refractivity contribution in [1.82, 2.24) is 4.90 Å². The molecular weight excluding hydrogens is 218 g/mol. The van der Waals surface area contributed by atoms with Crippen LogP contribution in [0.4, 0.5) is 0 Å². The van der Waals surface area contributed by atoms with Crippen LogP contribution in [-0.2, 0) is 14.4 Å². The van der Waals surface area contributed by atoms with Gasteiger partial charge in [0.1, 0.15) is 0 Å². The predicted octanol–water partition coefficient (Wildman–Crippen LogP) is 0.342. The van der Waals surface area contributed by atoms with Gasteiger partial charge >= 0.3 is 5.97 Å². The number of thioether (sulfide) groups is 1. The van der Waals surface area contributed by atoms with Crippen LogP contribution in [0.15, 0.2) is 0 Å². The van der Waals surface area contributed by atoms with Crippen molar-refractivity contribution in [3.8, 4) is 0 Å². The monoisotopic (exact) mass is 231 g/mol. The molecule has 1 aliphatic rings. The number of imide groups is 1. The second kappa shape index (κ2) is 5.16. The predicted molar refractivity (Wildman–Crippen MR) is 55.5 cm³/mol. The molecule has 0 aliphatic carbocycles. The second-order valence-electron chi connectivity index (χ2n) is 3.18. The maximum absolute atomic E-state index is 11.6. The third-order valence-electron chi connectivity index (χ3n) is 2.15. The molecule has 1 aliphatic heterocycles. The Morgan fingerprint density at radius 2 is 2.27 bits per heavy atom. The van der Waals surface area contributed by atoms with Gasteiger partial charge in [-0.1, -0.05) is 0 Å². The van der Waals surface area contributed by atoms with Crippen molar-refractivity contribution >= 4 is 29.5 Å². The summed E-state index contributed by atoms with van der Waals surface area (Å²) >= 11 is 1.25. The molecular formula is C9H13NO4S. The first-order valence-corrected chi connectivity index (χ1v) is 5.78. The van der Waals surface area contributed by atoms with E-state index in [1.807, 2.05) is 0 Å². The van der Waals surface area contributed by atoms with Gasteiger partial charge in [0.25, 0.3) is 0 Å². The minimum absolute atomic E-state index is 0.0226. The van der Waals surface area contributed by atoms with E-state index in [4.69, 9.17) is 5.11 Å². The van der Waals surface area contributed by atoms with E-state index in [0.29, 0.717) is 12.3 Å². The summed E-state index contributed by atoms with van der Waals surface area (Å²) in [5.74, 6) is -0.851. The fraction of sp³-hybridized carbons (Fsp3) is 0.667. The lowest BCUT2D eigenvalue weighted by molar-refractivity contribution is -0.138. The van der Waals surface area contributed by atoms with E-state index >= 15 is 0 Å². The smallest absolute Gasteiger partial charge is 0.304 e. The molecule has 0 saturated carbocycles. The molecule has 0 aromatic rings. The van der Waals surface area contributed by atoms with Crippen molar-refractivity contribution in [2.75, 3.05) is 12.3 Å². The fourth-order valence-corrected chi connectivity index (χ4v) is 2.51. The SMILES string of the molecule is CCN1C(=O)CC(SCCC(=O)O)C1=O. The molecule has 0 aromatic carbocycles. The number of nitrogens with zero attached hydrogens (tertiary/aromatic N) is 1. The normalized spacial score (nSPS) is 21.1. The largest absolute Gasteiger partial charge is 0.481 e. The summed E-state index contributed by atoms with van der Waals surface area (Å²) in [7, 11) is 0. The Kier molecular flexibility index (Phi) is 4.14. The number of carbonyl (C=O) groups is 3. The van der Waals surface area contributed by atoms with Crippen LogP contribution in [0.1, 0.15) is 19.8 Å². The van der Waals surface area contributed by atoms with Crippen molar-refractivity contribution < 1.29 is 19.5 Å². The minimum atomic E-state index is -0.883. The molecule has 84 valence electrons. The van der Waals surface area contributed by atoms with Crippen molar-refractivity contribution in [1.29, 1.82) is 0 Å². The Bertz CT molecular complexity index is 292. The standard InChI is InChI=1S/C9H13NO4S/c1-2-10-7(11)5-6(9(10)14)15-4-3-8(12)13/h6H,2-5H2,1H3,(H,12,13). The van der Waals surface area contributed by atoms with Crippen LogP contribution < -0.4 is 0 Å². The van der Waals surface area contributed by atoms with Gasteiger partial charge in [0, 0.05) is 18.7 Å². The molecule has 1 unspecified atom stereocenters. The first-order valence-electron chi connectivity index (χ1n) is 4.73. The number of amides is 2. The van der Waals surface area contributed by atoms with Gasteiger partial charge in [0.05, 0.1) is 11.7 Å². The third-order valence-corrected chi connectivity index (χ3v) is 3.36. The lowest BCUT2D eigenvalue weighted by Crippen LogP contribution is -2.30. The fourth-order valence-electron chi connectivity index (χ4n) is 1.40. The van der Waals surface area contributed by atoms with E-state index in [1.54, 1.807) is 6.92 Å². The van der Waals surface area contributed by atoms with Crippen molar-refractivity contribution in [2.45, 2.75) is 25.0 Å². The Hall–Kier alpha value is -1.04. The number of carboxylic acid groups (broad SMARTS) is 1. The van der Waals surface area contributed by atoms with Crippen LogP contribution in [0.2, 0.25) is 0 Å². The van der Waals surface area contributed by atoms with E-state index < -0.39 is 5.97 Å². The van der Waals surface area contributed by atoms with Crippen LogP contribution >= 0.6 is 11.8 Å². The molecule has 15 heavy (non-hydrogen) atoms. The maximum Gasteiger partial charge on any atom is 0.304 e. The van der Waals surface area contributed by atoms with Crippen LogP contribution in [0.5, 0.6) is 0 Å². The summed E-state index contributed by atoms with van der Waals surface area (Å²) in [6.45, 7) is 2.15. The number of carbonyl (C=O) groups excluding carboxylic acids is 2. The maximum atomic E-state index is 11.6. The van der Waals surface area contributed by atoms with E-state index in [1.165, 1.54) is 16.7 Å². The molecule has 6 heteroatoms. The summed E-state index contributed by atoms with van der Waals surface area (Å²) in [4.78, 5) is 34.3. The van der Waals surface area contributed by atoms with Gasteiger partial charge in [-0.05, 0) is 6.92 Å². The number of rotatable bonds is 5. The zero-order valence-electron chi connectivity index (χ0n) is 8.43. The molecule has 0 bridgehead atoms. The highest BCUT2D eigenvalue weighted by Gasteiger charge is 2.37. The lowest BCUT2D eigenvalue weighted by Gasteiger charge is -2.11. The summed E-state index contributed by atoms with van der Waals surface area (Å²) in [5.41, 5.74) is 0. The van der Waals surface area contributed by atoms with Gasteiger partial charge in [-0.15, -0.1) is 11.8 Å². The zero-order valence-corrected chi connectivity index (χ0v) is 9.25. The number of hydrogen-bond acceptors (Lipinski definition) is 4. The highest BCUT2D eigenvalue weighted by Crippen LogP contribution is 2.25. The molecule has 1 saturated heterocycles. The molecule has 1 atom stereocenters. The average Bonchev–Trinajstić information content (AvgIpc) is 2.41. The Balaban J connectivity index is 2.41. The number of aliphatic carboxylic acids is 1. The highest BCUT2D eigenvalue weighted by atomic mass is 32.2. The Labute approximate surface area is 91.8 Å². The molecule has 2 amide bonds. The summed E-state index contributed by atoms with van der Waals surface area (Å²) < 4.78 is 0. The molecule has 5 nitrogen and oxygen atoms in total. The van der Waals surface area contributed by atoms with Crippen molar-refractivity contribution in [2.24, 2.45) is 0 Å². The van der Waals surface area contributed by atoms with Crippen molar-refractivity contribution in [3.05, 3.63) is 0 Å². The van der Waals surface area contributed by atoms with E-state index in [0.717, 1.165) is 0 Å². The average molecular weight is 231 g/mol. The number of carboxylic acids is 1. The number of hydrogen-bond donors (Lipinski definition) is 1. The van der Waals surface area contributed by atoms with Crippen LogP contribution in [-0.4, -0.2) is 45.3 Å². The first kappa shape index (κ1) is 12.0. The lowest BCUT2D eigenvalue weighted by atomic mass is 10.4. The van der Waals surface area contributed by atoms with E-state index in [-0.39, 0.29) is 29.9 Å². The van der Waals surface area contributed by atoms with E-state index in [9.17, 15) is 14.4 Å². The van der Waals surface area contributed by atoms with Gasteiger partial charge in [-0.2, -0.15) is 0 Å². The van der Waals surface area contributed by atoms with Crippen molar-refractivity contribution in [3.63, 3.8) is 0 Å². The molecule has 1 rings (SSSR count). The summed E-state index contributed by atoms with van der Waals surface area (Å²) in [6.07, 6.45) is 0.228. The molecule has 1 N–H and O–H groups in total. The molecule has 0 aromatic heterocycles. The molecule has 1 fully saturated rings. The Morgan fingerprint density at radius 1 is 1.60 bits per heavy atom. The molecule has 0 spiro atoms. The van der Waals surface area contributed by atoms with Gasteiger partial charge in [-0.3, -0.25) is 19.3 Å². The quantitative estimate of drug-likeness (QED) is 0.691. The van der Waals surface area contributed by atoms with Crippen LogP contribution in [0, 0.1) is 0 Å². The minimum Gasteiger partial charge on any atom is -0.481 e. The third kappa shape index (κ3) is 2.95. The Morgan fingerprint density at radius 3 is 2.73 bits per heavy atom. The first-order chi connectivity index (χ1) is 7.06. The van der Waals surface area contributed by atoms with Gasteiger partial charge < -0.3 is 5.11 Å².